The van der Waals surface area contributed by atoms with Gasteiger partial charge >= 0.3 is 41.8 Å². The Morgan fingerprint density at radius 3 is 1.67 bits per heavy atom. The second kappa shape index (κ2) is 15.1. The summed E-state index contributed by atoms with van der Waals surface area (Å²) < 4.78 is 43.7. The second-order valence-electron chi connectivity index (χ2n) is 10.5. The molecule has 4 rings (SSSR count). The molecule has 0 amide bonds. The Hall–Kier alpha value is -6.25. The van der Waals surface area contributed by atoms with E-state index in [1.807, 2.05) is 0 Å². The van der Waals surface area contributed by atoms with Crippen LogP contribution in [0, 0.1) is 0 Å². The van der Waals surface area contributed by atoms with Crippen molar-refractivity contribution < 1.29 is 71.5 Å². The number of rotatable bonds is 9. The molecule has 1 aliphatic rings. The third-order valence-electron chi connectivity index (χ3n) is 6.37. The molecule has 2 atom stereocenters. The van der Waals surface area contributed by atoms with Crippen LogP contribution in [0.5, 0.6) is 40.2 Å². The average Bonchev–Trinajstić information content (AvgIpc) is 2.97. The monoisotopic (exact) mass is 678 g/mol. The normalized spacial score (nSPS) is 14.6. The van der Waals surface area contributed by atoms with Crippen molar-refractivity contribution in [3.05, 3.63) is 65.2 Å². The van der Waals surface area contributed by atoms with E-state index < -0.39 is 54.0 Å². The molecule has 15 heteroatoms. The summed E-state index contributed by atoms with van der Waals surface area (Å²) in [6.45, 7) is 6.77. The third kappa shape index (κ3) is 9.41. The molecule has 256 valence electrons. The van der Waals surface area contributed by atoms with Crippen molar-refractivity contribution in [3.8, 4) is 40.2 Å². The molecule has 1 heterocycles. The molecule has 0 saturated carbocycles. The van der Waals surface area contributed by atoms with Crippen molar-refractivity contribution in [2.75, 3.05) is 0 Å². The van der Waals surface area contributed by atoms with Crippen LogP contribution in [0.1, 0.15) is 69.1 Å². The van der Waals surface area contributed by atoms with Crippen LogP contribution in [0.25, 0.3) is 0 Å². The van der Waals surface area contributed by atoms with Gasteiger partial charge in [-0.3, -0.25) is 28.8 Å². The van der Waals surface area contributed by atoms with Gasteiger partial charge < -0.3 is 37.9 Å². The van der Waals surface area contributed by atoms with Gasteiger partial charge in [0, 0.05) is 71.2 Å². The summed E-state index contributed by atoms with van der Waals surface area (Å²) in [5.74, 6) is -6.35. The van der Waals surface area contributed by atoms with Gasteiger partial charge in [-0.15, -0.1) is 0 Å². The van der Waals surface area contributed by atoms with Gasteiger partial charge in [0.05, 0.1) is 5.56 Å². The topological polar surface area (TPSA) is 193 Å². The van der Waals surface area contributed by atoms with E-state index in [-0.39, 0.29) is 63.4 Å². The predicted octanol–water partition coefficient (Wildman–Crippen LogP) is 4.14. The van der Waals surface area contributed by atoms with Crippen LogP contribution >= 0.6 is 0 Å². The van der Waals surface area contributed by atoms with Crippen LogP contribution in [-0.4, -0.2) is 47.9 Å². The summed E-state index contributed by atoms with van der Waals surface area (Å²) in [6.07, 6.45) is -2.67. The van der Waals surface area contributed by atoms with Crippen molar-refractivity contribution in [2.24, 2.45) is 0 Å². The molecule has 0 aliphatic carbocycles. The van der Waals surface area contributed by atoms with E-state index in [1.165, 1.54) is 55.5 Å². The Kier molecular flexibility index (Phi) is 11.0. The molecule has 0 radical (unpaired) electrons. The largest absolute Gasteiger partial charge is 0.481 e. The molecular weight excluding hydrogens is 648 g/mol. The molecule has 3 aromatic carbocycles. The van der Waals surface area contributed by atoms with Gasteiger partial charge in [0.25, 0.3) is 0 Å². The molecule has 0 spiro atoms. The highest BCUT2D eigenvalue weighted by atomic mass is 16.6. The lowest BCUT2D eigenvalue weighted by molar-refractivity contribution is -0.135. The van der Waals surface area contributed by atoms with Gasteiger partial charge in [-0.2, -0.15) is 0 Å². The summed E-state index contributed by atoms with van der Waals surface area (Å²) in [6, 6.07) is 10.8. The molecule has 0 bridgehead atoms. The Bertz CT molecular complexity index is 1820. The van der Waals surface area contributed by atoms with Crippen LogP contribution in [0.4, 0.5) is 0 Å². The van der Waals surface area contributed by atoms with E-state index in [9.17, 15) is 33.6 Å². The van der Waals surface area contributed by atoms with Crippen molar-refractivity contribution >= 4 is 41.8 Å². The molecular formula is C34H30O15. The number of hydrogen-bond donors (Lipinski definition) is 0. The number of hydrogen-bond acceptors (Lipinski definition) is 15. The maximum atomic E-state index is 13.5. The predicted molar refractivity (Wildman–Crippen MR) is 163 cm³/mol. The van der Waals surface area contributed by atoms with Gasteiger partial charge in [-0.25, -0.2) is 4.79 Å². The zero-order chi connectivity index (χ0) is 36.0. The Morgan fingerprint density at radius 1 is 0.592 bits per heavy atom. The number of ether oxygens (including phenoxy) is 8. The minimum atomic E-state index is -1.28. The first kappa shape index (κ1) is 35.6. The molecule has 1 aliphatic heterocycles. The smallest absolute Gasteiger partial charge is 0.338 e. The van der Waals surface area contributed by atoms with Crippen LogP contribution in [0.15, 0.2) is 48.5 Å². The number of carbonyl (C=O) groups is 7. The molecule has 49 heavy (non-hydrogen) atoms. The molecule has 0 fully saturated rings. The highest BCUT2D eigenvalue weighted by molar-refractivity contribution is 5.90. The third-order valence-corrected chi connectivity index (χ3v) is 6.37. The Balaban J connectivity index is 1.90. The zero-order valence-corrected chi connectivity index (χ0v) is 27.1. The van der Waals surface area contributed by atoms with E-state index in [0.717, 1.165) is 34.6 Å². The van der Waals surface area contributed by atoms with Crippen LogP contribution in [-0.2, 0) is 39.9 Å². The highest BCUT2D eigenvalue weighted by Crippen LogP contribution is 2.47. The molecule has 0 aromatic heterocycles. The van der Waals surface area contributed by atoms with E-state index in [4.69, 9.17) is 37.9 Å². The summed E-state index contributed by atoms with van der Waals surface area (Å²) >= 11 is 0. The fourth-order valence-corrected chi connectivity index (χ4v) is 4.80. The minimum absolute atomic E-state index is 0.000114. The van der Waals surface area contributed by atoms with Crippen LogP contribution in [0.3, 0.4) is 0 Å². The SMILES string of the molecule is CC(=O)Oc1cccc(C(=O)O[C@H]2Cc3c(OC(C)=O)cc(OC(C)=O)cc3O[C@@H]2c2cc(OC(C)=O)c(OC(C)=O)c(OC(C)=O)c2)c1. The number of benzene rings is 3. The average molecular weight is 679 g/mol. The summed E-state index contributed by atoms with van der Waals surface area (Å²) in [4.78, 5) is 84.9. The molecule has 0 saturated heterocycles. The van der Waals surface area contributed by atoms with Gasteiger partial charge in [0.1, 0.15) is 29.1 Å². The molecule has 15 nitrogen and oxygen atoms in total. The van der Waals surface area contributed by atoms with Crippen LogP contribution in [0.2, 0.25) is 0 Å². The number of esters is 7. The zero-order valence-electron chi connectivity index (χ0n) is 27.1. The highest BCUT2D eigenvalue weighted by Gasteiger charge is 2.39. The van der Waals surface area contributed by atoms with E-state index in [1.54, 1.807) is 0 Å². The van der Waals surface area contributed by atoms with Gasteiger partial charge in [-0.1, -0.05) is 6.07 Å². The Morgan fingerprint density at radius 2 is 1.12 bits per heavy atom. The van der Waals surface area contributed by atoms with Crippen molar-refractivity contribution in [3.63, 3.8) is 0 Å². The quantitative estimate of drug-likeness (QED) is 0.231. The van der Waals surface area contributed by atoms with Crippen LogP contribution < -0.4 is 33.2 Å². The summed E-state index contributed by atoms with van der Waals surface area (Å²) in [5, 5.41) is 0. The maximum Gasteiger partial charge on any atom is 0.338 e. The first-order valence-corrected chi connectivity index (χ1v) is 14.5. The molecule has 3 aromatic rings. The van der Waals surface area contributed by atoms with E-state index >= 15 is 0 Å². The van der Waals surface area contributed by atoms with Gasteiger partial charge in [0.2, 0.25) is 5.75 Å². The first-order chi connectivity index (χ1) is 23.1. The lowest BCUT2D eigenvalue weighted by Crippen LogP contribution is -2.35. The van der Waals surface area contributed by atoms with Crippen molar-refractivity contribution in [1.29, 1.82) is 0 Å². The lowest BCUT2D eigenvalue weighted by Gasteiger charge is -2.34. The maximum absolute atomic E-state index is 13.5. The van der Waals surface area contributed by atoms with E-state index in [0.29, 0.717) is 0 Å². The van der Waals surface area contributed by atoms with Crippen molar-refractivity contribution in [1.82, 2.24) is 0 Å². The van der Waals surface area contributed by atoms with Gasteiger partial charge in [0.15, 0.2) is 17.6 Å². The Labute approximate surface area is 278 Å². The minimum Gasteiger partial charge on any atom is -0.481 e. The summed E-state index contributed by atoms with van der Waals surface area (Å²) in [5.41, 5.74) is 0.360. The molecule has 0 N–H and O–H groups in total. The summed E-state index contributed by atoms with van der Waals surface area (Å²) in [7, 11) is 0. The van der Waals surface area contributed by atoms with E-state index in [2.05, 4.69) is 0 Å². The second-order valence-corrected chi connectivity index (χ2v) is 10.5. The fraction of sp³-hybridized carbons (Fsp3) is 0.265. The van der Waals surface area contributed by atoms with Gasteiger partial charge in [-0.05, 0) is 30.3 Å². The van der Waals surface area contributed by atoms with Crippen molar-refractivity contribution in [2.45, 2.75) is 60.2 Å². The first-order valence-electron chi connectivity index (χ1n) is 14.5. The lowest BCUT2D eigenvalue weighted by atomic mass is 9.93. The number of fused-ring (bicyclic) bond motifs is 1. The number of carbonyl (C=O) groups excluding carboxylic acids is 7. The standard InChI is InChI=1S/C34H30O15/c1-16(35)42-24-9-7-8-22(10-24)34(41)49-31-15-26-27(44-18(3)37)13-25(43-17(2)36)14-28(26)48-32(31)23-11-29(45-19(4)38)33(47-21(6)40)30(12-23)46-20(5)39/h7-14,31-32H,15H2,1-6H3/t31-,32+/m0/s1. The molecule has 0 unspecified atom stereocenters. The fourth-order valence-electron chi connectivity index (χ4n) is 4.80.